The summed E-state index contributed by atoms with van der Waals surface area (Å²) in [6.45, 7) is 0.835. The molecule has 5 heteroatoms. The highest BCUT2D eigenvalue weighted by Crippen LogP contribution is 2.21. The molecule has 1 heterocycles. The summed E-state index contributed by atoms with van der Waals surface area (Å²) in [5.41, 5.74) is 1.26. The van der Waals surface area contributed by atoms with Crippen LogP contribution in [0.15, 0.2) is 36.5 Å². The van der Waals surface area contributed by atoms with Crippen LogP contribution in [0.3, 0.4) is 0 Å². The van der Waals surface area contributed by atoms with Crippen LogP contribution in [0.1, 0.15) is 31.2 Å². The number of nitrogens with one attached hydrogen (secondary N) is 2. The molecule has 1 saturated carbocycles. The molecule has 1 aromatic carbocycles. The van der Waals surface area contributed by atoms with E-state index < -0.39 is 0 Å². The van der Waals surface area contributed by atoms with E-state index in [0.717, 1.165) is 29.8 Å². The number of benzene rings is 1. The van der Waals surface area contributed by atoms with Crippen molar-refractivity contribution >= 4 is 23.4 Å². The maximum atomic E-state index is 5.89. The van der Waals surface area contributed by atoms with Gasteiger partial charge in [0.2, 0.25) is 5.95 Å². The van der Waals surface area contributed by atoms with Crippen LogP contribution in [0, 0.1) is 0 Å². The third kappa shape index (κ3) is 4.34. The minimum atomic E-state index is 0.532. The number of anilines is 2. The van der Waals surface area contributed by atoms with Crippen molar-refractivity contribution in [3.05, 3.63) is 47.1 Å². The Bertz CT molecular complexity index is 594. The van der Waals surface area contributed by atoms with E-state index in [4.69, 9.17) is 11.6 Å². The number of nitrogens with zero attached hydrogens (tertiary/aromatic N) is 2. The van der Waals surface area contributed by atoms with Crippen LogP contribution < -0.4 is 10.6 Å². The molecule has 2 aromatic rings. The lowest BCUT2D eigenvalue weighted by Crippen LogP contribution is -2.17. The molecule has 4 nitrogen and oxygen atoms in total. The molecule has 116 valence electrons. The van der Waals surface area contributed by atoms with Crippen molar-refractivity contribution < 1.29 is 0 Å². The van der Waals surface area contributed by atoms with Gasteiger partial charge in [-0.05, 0) is 43.0 Å². The highest BCUT2D eigenvalue weighted by molar-refractivity contribution is 6.30. The molecule has 3 rings (SSSR count). The molecule has 2 N–H and O–H groups in total. The van der Waals surface area contributed by atoms with E-state index in [1.165, 1.54) is 31.2 Å². The summed E-state index contributed by atoms with van der Waals surface area (Å²) in [6, 6.07) is 10.4. The van der Waals surface area contributed by atoms with Crippen LogP contribution in [0.25, 0.3) is 0 Å². The average molecular weight is 317 g/mol. The van der Waals surface area contributed by atoms with Gasteiger partial charge < -0.3 is 10.6 Å². The van der Waals surface area contributed by atoms with Gasteiger partial charge in [-0.2, -0.15) is 4.98 Å². The van der Waals surface area contributed by atoms with Gasteiger partial charge in [0.15, 0.2) is 0 Å². The Hall–Kier alpha value is -1.81. The van der Waals surface area contributed by atoms with Gasteiger partial charge in [0.05, 0.1) is 0 Å². The van der Waals surface area contributed by atoms with E-state index in [1.54, 1.807) is 6.20 Å². The van der Waals surface area contributed by atoms with Gasteiger partial charge in [-0.1, -0.05) is 36.6 Å². The van der Waals surface area contributed by atoms with E-state index in [0.29, 0.717) is 6.04 Å². The van der Waals surface area contributed by atoms with Crippen molar-refractivity contribution in [2.24, 2.45) is 0 Å². The maximum absolute atomic E-state index is 5.89. The number of aromatic nitrogens is 2. The predicted octanol–water partition coefficient (Wildman–Crippen LogP) is 4.14. The second-order valence-electron chi connectivity index (χ2n) is 5.69. The second-order valence-corrected chi connectivity index (χ2v) is 6.13. The van der Waals surface area contributed by atoms with E-state index in [9.17, 15) is 0 Å². The van der Waals surface area contributed by atoms with Gasteiger partial charge in [0.1, 0.15) is 5.82 Å². The average Bonchev–Trinajstić information content (AvgIpc) is 3.03. The Balaban J connectivity index is 1.50. The van der Waals surface area contributed by atoms with Crippen molar-refractivity contribution in [3.63, 3.8) is 0 Å². The van der Waals surface area contributed by atoms with Gasteiger partial charge in [0.25, 0.3) is 0 Å². The quantitative estimate of drug-likeness (QED) is 0.841. The fourth-order valence-electron chi connectivity index (χ4n) is 2.77. The third-order valence-electron chi connectivity index (χ3n) is 3.98. The van der Waals surface area contributed by atoms with Crippen LogP contribution in [0.4, 0.5) is 11.8 Å². The van der Waals surface area contributed by atoms with Crippen LogP contribution in [-0.2, 0) is 6.42 Å². The first-order chi connectivity index (χ1) is 10.8. The van der Waals surface area contributed by atoms with Crippen molar-refractivity contribution in [1.82, 2.24) is 9.97 Å². The molecular weight excluding hydrogens is 296 g/mol. The smallest absolute Gasteiger partial charge is 0.224 e. The van der Waals surface area contributed by atoms with Gasteiger partial charge in [-0.15, -0.1) is 0 Å². The van der Waals surface area contributed by atoms with Crippen molar-refractivity contribution in [1.29, 1.82) is 0 Å². The van der Waals surface area contributed by atoms with Gasteiger partial charge in [0, 0.05) is 23.8 Å². The summed E-state index contributed by atoms with van der Waals surface area (Å²) in [4.78, 5) is 8.83. The predicted molar refractivity (Wildman–Crippen MR) is 91.6 cm³/mol. The van der Waals surface area contributed by atoms with Crippen molar-refractivity contribution in [3.8, 4) is 0 Å². The van der Waals surface area contributed by atoms with Gasteiger partial charge >= 0.3 is 0 Å². The van der Waals surface area contributed by atoms with E-state index >= 15 is 0 Å². The van der Waals surface area contributed by atoms with Crippen LogP contribution in [-0.4, -0.2) is 22.6 Å². The summed E-state index contributed by atoms with van der Waals surface area (Å²) in [5, 5.41) is 7.54. The maximum Gasteiger partial charge on any atom is 0.224 e. The summed E-state index contributed by atoms with van der Waals surface area (Å²) in [6.07, 6.45) is 7.78. The molecule has 0 amide bonds. The largest absolute Gasteiger partial charge is 0.370 e. The van der Waals surface area contributed by atoms with Crippen LogP contribution >= 0.6 is 11.6 Å². The minimum absolute atomic E-state index is 0.532. The lowest BCUT2D eigenvalue weighted by Gasteiger charge is -2.12. The molecule has 1 aromatic heterocycles. The van der Waals surface area contributed by atoms with Crippen molar-refractivity contribution in [2.75, 3.05) is 17.2 Å². The SMILES string of the molecule is Clc1ccc(CCNc2ccnc(NC3CCCC3)n2)cc1. The van der Waals surface area contributed by atoms with E-state index in [-0.39, 0.29) is 0 Å². The molecule has 1 aliphatic rings. The molecular formula is C17H21ClN4. The zero-order valence-electron chi connectivity index (χ0n) is 12.6. The first-order valence-electron chi connectivity index (χ1n) is 7.87. The van der Waals surface area contributed by atoms with Crippen molar-refractivity contribution in [2.45, 2.75) is 38.1 Å². The summed E-state index contributed by atoms with van der Waals surface area (Å²) in [5.74, 6) is 1.59. The summed E-state index contributed by atoms with van der Waals surface area (Å²) >= 11 is 5.89. The first kappa shape index (κ1) is 15.1. The molecule has 0 bridgehead atoms. The molecule has 0 unspecified atom stereocenters. The Labute approximate surface area is 136 Å². The highest BCUT2D eigenvalue weighted by Gasteiger charge is 2.15. The number of rotatable bonds is 6. The highest BCUT2D eigenvalue weighted by atomic mass is 35.5. The molecule has 0 atom stereocenters. The molecule has 1 aliphatic carbocycles. The lowest BCUT2D eigenvalue weighted by molar-refractivity contribution is 0.744. The van der Waals surface area contributed by atoms with Gasteiger partial charge in [-0.25, -0.2) is 4.98 Å². The monoisotopic (exact) mass is 316 g/mol. The standard InChI is InChI=1S/C17H21ClN4/c18-14-7-5-13(6-8-14)9-11-19-16-10-12-20-17(22-16)21-15-3-1-2-4-15/h5-8,10,12,15H,1-4,9,11H2,(H2,19,20,21,22). The number of halogens is 1. The van der Waals surface area contributed by atoms with E-state index in [1.807, 2.05) is 18.2 Å². The number of hydrogen-bond donors (Lipinski definition) is 2. The lowest BCUT2D eigenvalue weighted by atomic mass is 10.1. The van der Waals surface area contributed by atoms with Crippen LogP contribution in [0.5, 0.6) is 0 Å². The Kier molecular flexibility index (Phi) is 5.11. The molecule has 0 aliphatic heterocycles. The molecule has 0 spiro atoms. The fourth-order valence-corrected chi connectivity index (χ4v) is 2.89. The Morgan fingerprint density at radius 1 is 1.09 bits per heavy atom. The summed E-state index contributed by atoms with van der Waals surface area (Å²) < 4.78 is 0. The molecule has 22 heavy (non-hydrogen) atoms. The zero-order valence-corrected chi connectivity index (χ0v) is 13.3. The Morgan fingerprint density at radius 2 is 1.86 bits per heavy atom. The first-order valence-corrected chi connectivity index (χ1v) is 8.25. The third-order valence-corrected chi connectivity index (χ3v) is 4.23. The molecule has 1 fully saturated rings. The van der Waals surface area contributed by atoms with E-state index in [2.05, 4.69) is 32.7 Å². The van der Waals surface area contributed by atoms with Gasteiger partial charge in [-0.3, -0.25) is 0 Å². The second kappa shape index (κ2) is 7.45. The minimum Gasteiger partial charge on any atom is -0.370 e. The molecule has 0 radical (unpaired) electrons. The molecule has 0 saturated heterocycles. The zero-order chi connectivity index (χ0) is 15.2. The topological polar surface area (TPSA) is 49.8 Å². The number of hydrogen-bond acceptors (Lipinski definition) is 4. The normalized spacial score (nSPS) is 15.0. The summed E-state index contributed by atoms with van der Waals surface area (Å²) in [7, 11) is 0. The van der Waals surface area contributed by atoms with Crippen LogP contribution in [0.2, 0.25) is 5.02 Å². The Morgan fingerprint density at radius 3 is 2.64 bits per heavy atom. The fraction of sp³-hybridized carbons (Fsp3) is 0.412.